The zero-order valence-electron chi connectivity index (χ0n) is 15.6. The van der Waals surface area contributed by atoms with Crippen molar-refractivity contribution in [2.45, 2.75) is 20.4 Å². The Morgan fingerprint density at radius 1 is 1.15 bits per heavy atom. The van der Waals surface area contributed by atoms with Crippen LogP contribution in [0.4, 0.5) is 0 Å². The van der Waals surface area contributed by atoms with Gasteiger partial charge in [-0.25, -0.2) is 9.78 Å². The minimum absolute atomic E-state index is 0.378. The Hall–Kier alpha value is -2.98. The highest BCUT2D eigenvalue weighted by Crippen LogP contribution is 2.33. The highest BCUT2D eigenvalue weighted by atomic mass is 16.4. The Morgan fingerprint density at radius 3 is 2.59 bits per heavy atom. The first-order valence-electron chi connectivity index (χ1n) is 9.21. The molecule has 0 radical (unpaired) electrons. The van der Waals surface area contributed by atoms with E-state index in [4.69, 9.17) is 4.98 Å². The van der Waals surface area contributed by atoms with E-state index in [1.165, 1.54) is 5.56 Å². The summed E-state index contributed by atoms with van der Waals surface area (Å²) >= 11 is 0. The van der Waals surface area contributed by atoms with Gasteiger partial charge >= 0.3 is 5.97 Å². The SMILES string of the molecule is CCN1C/C(=C/c2ccc(C)cc2)c2nc3ccccc3c(C(=O)O)c2C1. The third kappa shape index (κ3) is 3.24. The van der Waals surface area contributed by atoms with Crippen LogP contribution in [-0.4, -0.2) is 34.0 Å². The van der Waals surface area contributed by atoms with Crippen molar-refractivity contribution in [2.24, 2.45) is 0 Å². The van der Waals surface area contributed by atoms with Gasteiger partial charge in [-0.2, -0.15) is 0 Å². The van der Waals surface area contributed by atoms with Crippen LogP contribution in [0.25, 0.3) is 22.6 Å². The number of aromatic carboxylic acids is 1. The number of aromatic nitrogens is 1. The van der Waals surface area contributed by atoms with Crippen LogP contribution in [0, 0.1) is 6.92 Å². The number of carboxylic acid groups (broad SMARTS) is 1. The quantitative estimate of drug-likeness (QED) is 0.742. The predicted molar refractivity (Wildman–Crippen MR) is 109 cm³/mol. The van der Waals surface area contributed by atoms with Crippen LogP contribution in [-0.2, 0) is 6.54 Å². The lowest BCUT2D eigenvalue weighted by molar-refractivity contribution is 0.0696. The first-order valence-corrected chi connectivity index (χ1v) is 9.21. The van der Waals surface area contributed by atoms with E-state index < -0.39 is 5.97 Å². The van der Waals surface area contributed by atoms with Gasteiger partial charge in [0, 0.05) is 24.0 Å². The normalized spacial score (nSPS) is 15.9. The fraction of sp³-hybridized carbons (Fsp3) is 0.217. The molecule has 0 unspecified atom stereocenters. The number of hydrogen-bond acceptors (Lipinski definition) is 3. The van der Waals surface area contributed by atoms with Crippen LogP contribution in [0.15, 0.2) is 48.5 Å². The van der Waals surface area contributed by atoms with E-state index in [-0.39, 0.29) is 0 Å². The molecule has 0 saturated heterocycles. The van der Waals surface area contributed by atoms with Crippen molar-refractivity contribution in [1.82, 2.24) is 9.88 Å². The first kappa shape index (κ1) is 17.4. The molecule has 136 valence electrons. The number of carboxylic acids is 1. The summed E-state index contributed by atoms with van der Waals surface area (Å²) in [7, 11) is 0. The molecule has 0 atom stereocenters. The van der Waals surface area contributed by atoms with Crippen molar-refractivity contribution in [3.05, 3.63) is 76.5 Å². The molecule has 4 rings (SSSR count). The lowest BCUT2D eigenvalue weighted by atomic mass is 9.92. The molecule has 2 aromatic carbocycles. The van der Waals surface area contributed by atoms with Gasteiger partial charge in [-0.1, -0.05) is 55.0 Å². The minimum atomic E-state index is -0.891. The molecule has 1 aliphatic rings. The van der Waals surface area contributed by atoms with E-state index in [9.17, 15) is 9.90 Å². The standard InChI is InChI=1S/C23H22N2O2/c1-3-25-13-17(12-16-10-8-15(2)9-11-16)22-19(14-25)21(23(26)27)18-6-4-5-7-20(18)24-22/h4-12H,3,13-14H2,1-2H3,(H,26,27)/b17-12-. The molecule has 3 aromatic rings. The summed E-state index contributed by atoms with van der Waals surface area (Å²) in [5.41, 5.74) is 6.12. The van der Waals surface area contributed by atoms with Crippen LogP contribution in [0.2, 0.25) is 0 Å². The molecule has 0 fully saturated rings. The summed E-state index contributed by atoms with van der Waals surface area (Å²) in [6.45, 7) is 6.40. The maximum Gasteiger partial charge on any atom is 0.336 e. The number of rotatable bonds is 3. The fourth-order valence-electron chi connectivity index (χ4n) is 3.71. The molecule has 27 heavy (non-hydrogen) atoms. The molecular formula is C23H22N2O2. The van der Waals surface area contributed by atoms with Gasteiger partial charge in [0.2, 0.25) is 0 Å². The van der Waals surface area contributed by atoms with Crippen LogP contribution in [0.3, 0.4) is 0 Å². The van der Waals surface area contributed by atoms with Crippen LogP contribution >= 0.6 is 0 Å². The van der Waals surface area contributed by atoms with Crippen LogP contribution in [0.1, 0.15) is 39.7 Å². The minimum Gasteiger partial charge on any atom is -0.478 e. The molecule has 1 aliphatic heterocycles. The number of aryl methyl sites for hydroxylation is 1. The summed E-state index contributed by atoms with van der Waals surface area (Å²) in [4.78, 5) is 19.2. The molecule has 2 heterocycles. The number of benzene rings is 2. The highest BCUT2D eigenvalue weighted by Gasteiger charge is 2.27. The number of fused-ring (bicyclic) bond motifs is 2. The van der Waals surface area contributed by atoms with Crippen molar-refractivity contribution in [1.29, 1.82) is 0 Å². The zero-order valence-corrected chi connectivity index (χ0v) is 15.6. The molecular weight excluding hydrogens is 336 g/mol. The third-order valence-corrected chi connectivity index (χ3v) is 5.15. The van der Waals surface area contributed by atoms with Gasteiger partial charge in [0.05, 0.1) is 16.8 Å². The maximum absolute atomic E-state index is 12.1. The molecule has 0 amide bonds. The summed E-state index contributed by atoms with van der Waals surface area (Å²) < 4.78 is 0. The van der Waals surface area contributed by atoms with Crippen molar-refractivity contribution in [2.75, 3.05) is 13.1 Å². The first-order chi connectivity index (χ1) is 13.1. The van der Waals surface area contributed by atoms with Gasteiger partial charge in [0.1, 0.15) is 0 Å². The predicted octanol–water partition coefficient (Wildman–Crippen LogP) is 4.62. The Labute approximate surface area is 158 Å². The van der Waals surface area contributed by atoms with E-state index in [1.807, 2.05) is 24.3 Å². The number of nitrogens with zero attached hydrogens (tertiary/aromatic N) is 2. The van der Waals surface area contributed by atoms with Gasteiger partial charge in [-0.3, -0.25) is 4.90 Å². The molecule has 0 saturated carbocycles. The molecule has 0 bridgehead atoms. The number of likely N-dealkylation sites (N-methyl/N-ethyl adjacent to an activating group) is 1. The van der Waals surface area contributed by atoms with E-state index in [1.54, 1.807) is 0 Å². The Balaban J connectivity index is 1.97. The summed E-state index contributed by atoms with van der Waals surface area (Å²) in [5.74, 6) is -0.891. The van der Waals surface area contributed by atoms with E-state index in [2.05, 4.69) is 49.1 Å². The van der Waals surface area contributed by atoms with Crippen LogP contribution in [0.5, 0.6) is 0 Å². The Kier molecular flexibility index (Phi) is 4.50. The fourth-order valence-corrected chi connectivity index (χ4v) is 3.71. The monoisotopic (exact) mass is 358 g/mol. The van der Waals surface area contributed by atoms with Gasteiger partial charge in [0.25, 0.3) is 0 Å². The molecule has 0 spiro atoms. The third-order valence-electron chi connectivity index (χ3n) is 5.15. The Morgan fingerprint density at radius 2 is 1.89 bits per heavy atom. The van der Waals surface area contributed by atoms with Crippen LogP contribution < -0.4 is 0 Å². The van der Waals surface area contributed by atoms with E-state index in [0.29, 0.717) is 17.5 Å². The lowest BCUT2D eigenvalue weighted by Crippen LogP contribution is -2.31. The van der Waals surface area contributed by atoms with Gasteiger partial charge in [-0.05, 0) is 36.7 Å². The second-order valence-electron chi connectivity index (χ2n) is 7.02. The molecule has 0 aliphatic carbocycles. The number of hydrogen-bond donors (Lipinski definition) is 1. The maximum atomic E-state index is 12.1. The summed E-state index contributed by atoms with van der Waals surface area (Å²) in [6, 6.07) is 15.9. The number of para-hydroxylation sites is 1. The lowest BCUT2D eigenvalue weighted by Gasteiger charge is -2.30. The van der Waals surface area contributed by atoms with E-state index >= 15 is 0 Å². The molecule has 4 nitrogen and oxygen atoms in total. The average molecular weight is 358 g/mol. The second-order valence-corrected chi connectivity index (χ2v) is 7.02. The topological polar surface area (TPSA) is 53.4 Å². The summed E-state index contributed by atoms with van der Waals surface area (Å²) in [6.07, 6.45) is 2.13. The number of carbonyl (C=O) groups is 1. The molecule has 1 N–H and O–H groups in total. The zero-order chi connectivity index (χ0) is 19.0. The van der Waals surface area contributed by atoms with Gasteiger partial charge in [-0.15, -0.1) is 0 Å². The van der Waals surface area contributed by atoms with Gasteiger partial charge < -0.3 is 5.11 Å². The van der Waals surface area contributed by atoms with Gasteiger partial charge in [0.15, 0.2) is 0 Å². The average Bonchev–Trinajstić information content (AvgIpc) is 2.67. The largest absolute Gasteiger partial charge is 0.478 e. The van der Waals surface area contributed by atoms with Crippen molar-refractivity contribution in [3.8, 4) is 0 Å². The molecule has 1 aromatic heterocycles. The van der Waals surface area contributed by atoms with Crippen molar-refractivity contribution >= 4 is 28.5 Å². The van der Waals surface area contributed by atoms with Crippen molar-refractivity contribution in [3.63, 3.8) is 0 Å². The molecule has 4 heteroatoms. The number of pyridine rings is 1. The highest BCUT2D eigenvalue weighted by molar-refractivity contribution is 6.06. The van der Waals surface area contributed by atoms with E-state index in [0.717, 1.165) is 41.0 Å². The summed E-state index contributed by atoms with van der Waals surface area (Å²) in [5, 5.41) is 10.6. The smallest absolute Gasteiger partial charge is 0.336 e. The van der Waals surface area contributed by atoms with Crippen molar-refractivity contribution < 1.29 is 9.90 Å². The second kappa shape index (κ2) is 6.97. The Bertz CT molecular complexity index is 1050.